The van der Waals surface area contributed by atoms with Crippen LogP contribution in [0.4, 0.5) is 14.9 Å². The normalized spacial score (nSPS) is 16.5. The lowest BCUT2D eigenvalue weighted by molar-refractivity contribution is -0.138. The van der Waals surface area contributed by atoms with Crippen LogP contribution in [0.1, 0.15) is 6.92 Å². The maximum Gasteiger partial charge on any atom is 0.325 e. The van der Waals surface area contributed by atoms with Crippen molar-refractivity contribution in [1.82, 2.24) is 10.2 Å². The molecule has 2 N–H and O–H groups in total. The maximum absolute atomic E-state index is 13.7. The van der Waals surface area contributed by atoms with Crippen molar-refractivity contribution in [3.05, 3.63) is 30.1 Å². The first kappa shape index (κ1) is 15.1. The Balaban J connectivity index is 1.90. The zero-order valence-corrected chi connectivity index (χ0v) is 11.8. The molecule has 1 saturated heterocycles. The van der Waals surface area contributed by atoms with Crippen LogP contribution in [0.3, 0.4) is 0 Å². The van der Waals surface area contributed by atoms with Crippen LogP contribution in [-0.4, -0.2) is 54.2 Å². The van der Waals surface area contributed by atoms with Gasteiger partial charge in [0.2, 0.25) is 0 Å². The molecule has 1 aliphatic rings. The van der Waals surface area contributed by atoms with Gasteiger partial charge >= 0.3 is 12.0 Å². The number of aliphatic carboxylic acids is 1. The predicted octanol–water partition coefficient (Wildman–Crippen LogP) is 1.13. The van der Waals surface area contributed by atoms with Crippen molar-refractivity contribution in [3.63, 3.8) is 0 Å². The molecule has 0 bridgehead atoms. The molecule has 1 atom stereocenters. The van der Waals surface area contributed by atoms with Crippen molar-refractivity contribution in [2.24, 2.45) is 0 Å². The summed E-state index contributed by atoms with van der Waals surface area (Å²) in [7, 11) is 0. The average Bonchev–Trinajstić information content (AvgIpc) is 2.47. The van der Waals surface area contributed by atoms with Crippen molar-refractivity contribution in [1.29, 1.82) is 0 Å². The maximum atomic E-state index is 13.7. The number of halogens is 1. The number of carboxylic acid groups (broad SMARTS) is 1. The first-order valence-corrected chi connectivity index (χ1v) is 6.77. The van der Waals surface area contributed by atoms with Gasteiger partial charge < -0.3 is 20.2 Å². The second-order valence-electron chi connectivity index (χ2n) is 4.93. The fourth-order valence-corrected chi connectivity index (χ4v) is 2.20. The van der Waals surface area contributed by atoms with Crippen LogP contribution in [0.25, 0.3) is 0 Å². The summed E-state index contributed by atoms with van der Waals surface area (Å²) >= 11 is 0. The van der Waals surface area contributed by atoms with Gasteiger partial charge in [0.1, 0.15) is 11.9 Å². The van der Waals surface area contributed by atoms with Crippen molar-refractivity contribution < 1.29 is 19.1 Å². The van der Waals surface area contributed by atoms with Crippen LogP contribution in [0.2, 0.25) is 0 Å². The van der Waals surface area contributed by atoms with Crippen LogP contribution < -0.4 is 10.2 Å². The Labute approximate surface area is 122 Å². The molecule has 0 unspecified atom stereocenters. The summed E-state index contributed by atoms with van der Waals surface area (Å²) in [6, 6.07) is 5.18. The molecule has 1 aromatic rings. The van der Waals surface area contributed by atoms with Gasteiger partial charge in [-0.05, 0) is 19.1 Å². The molecule has 0 saturated carbocycles. The largest absolute Gasteiger partial charge is 0.480 e. The second-order valence-corrected chi connectivity index (χ2v) is 4.93. The van der Waals surface area contributed by atoms with E-state index in [0.717, 1.165) is 0 Å². The van der Waals surface area contributed by atoms with Crippen molar-refractivity contribution in [3.8, 4) is 0 Å². The lowest BCUT2D eigenvalue weighted by Crippen LogP contribution is -2.54. The highest BCUT2D eigenvalue weighted by Gasteiger charge is 2.24. The number of amides is 2. The highest BCUT2D eigenvalue weighted by atomic mass is 19.1. The summed E-state index contributed by atoms with van der Waals surface area (Å²) in [5, 5.41) is 11.2. The van der Waals surface area contributed by atoms with Gasteiger partial charge in [-0.2, -0.15) is 0 Å². The molecule has 2 amide bonds. The Hall–Kier alpha value is -2.31. The first-order valence-electron chi connectivity index (χ1n) is 6.77. The van der Waals surface area contributed by atoms with E-state index in [0.29, 0.717) is 31.9 Å². The monoisotopic (exact) mass is 295 g/mol. The molecule has 1 heterocycles. The number of anilines is 1. The number of urea groups is 1. The van der Waals surface area contributed by atoms with E-state index < -0.39 is 18.0 Å². The van der Waals surface area contributed by atoms with Crippen LogP contribution in [-0.2, 0) is 4.79 Å². The third kappa shape index (κ3) is 3.62. The SMILES string of the molecule is C[C@H](NC(=O)N1CCN(c2ccccc2F)CC1)C(=O)O. The molecule has 2 rings (SSSR count). The molecular formula is C14H18FN3O3. The first-order chi connectivity index (χ1) is 9.99. The quantitative estimate of drug-likeness (QED) is 0.877. The lowest BCUT2D eigenvalue weighted by Gasteiger charge is -2.36. The number of hydrogen-bond donors (Lipinski definition) is 2. The predicted molar refractivity (Wildman–Crippen MR) is 75.8 cm³/mol. The summed E-state index contributed by atoms with van der Waals surface area (Å²) in [6.45, 7) is 3.28. The second kappa shape index (κ2) is 6.43. The Kier molecular flexibility index (Phi) is 4.62. The molecule has 0 aliphatic carbocycles. The minimum absolute atomic E-state index is 0.282. The van der Waals surface area contributed by atoms with E-state index in [4.69, 9.17) is 5.11 Å². The summed E-state index contributed by atoms with van der Waals surface area (Å²) < 4.78 is 13.7. The van der Waals surface area contributed by atoms with Gasteiger partial charge in [0, 0.05) is 26.2 Å². The highest BCUT2D eigenvalue weighted by molar-refractivity contribution is 5.82. The fraction of sp³-hybridized carbons (Fsp3) is 0.429. The molecule has 0 spiro atoms. The smallest absolute Gasteiger partial charge is 0.325 e. The zero-order valence-electron chi connectivity index (χ0n) is 11.8. The molecule has 0 aromatic heterocycles. The van der Waals surface area contributed by atoms with E-state index in [1.54, 1.807) is 18.2 Å². The van der Waals surface area contributed by atoms with Crippen molar-refractivity contribution in [2.75, 3.05) is 31.1 Å². The van der Waals surface area contributed by atoms with Gasteiger partial charge in [-0.15, -0.1) is 0 Å². The third-order valence-electron chi connectivity index (χ3n) is 3.47. The summed E-state index contributed by atoms with van der Waals surface area (Å²) in [4.78, 5) is 26.0. The minimum Gasteiger partial charge on any atom is -0.480 e. The number of para-hydroxylation sites is 1. The number of rotatable bonds is 3. The van der Waals surface area contributed by atoms with Gasteiger partial charge in [-0.25, -0.2) is 9.18 Å². The van der Waals surface area contributed by atoms with Crippen molar-refractivity contribution in [2.45, 2.75) is 13.0 Å². The summed E-state index contributed by atoms with van der Waals surface area (Å²) in [6.07, 6.45) is 0. The molecule has 1 aromatic carbocycles. The van der Waals surface area contributed by atoms with Gasteiger partial charge in [-0.1, -0.05) is 12.1 Å². The number of carboxylic acids is 1. The van der Waals surface area contributed by atoms with Gasteiger partial charge in [0.05, 0.1) is 5.69 Å². The molecule has 114 valence electrons. The fourth-order valence-electron chi connectivity index (χ4n) is 2.20. The van der Waals surface area contributed by atoms with E-state index in [2.05, 4.69) is 5.32 Å². The van der Waals surface area contributed by atoms with E-state index in [-0.39, 0.29) is 5.82 Å². The number of nitrogens with zero attached hydrogens (tertiary/aromatic N) is 2. The third-order valence-corrected chi connectivity index (χ3v) is 3.47. The van der Waals surface area contributed by atoms with Gasteiger partial charge in [-0.3, -0.25) is 4.79 Å². The molecular weight excluding hydrogens is 277 g/mol. The number of hydrogen-bond acceptors (Lipinski definition) is 3. The molecule has 0 radical (unpaired) electrons. The van der Waals surface area contributed by atoms with E-state index >= 15 is 0 Å². The molecule has 7 heteroatoms. The van der Waals surface area contributed by atoms with E-state index in [1.165, 1.54) is 17.9 Å². The Bertz CT molecular complexity index is 530. The molecule has 21 heavy (non-hydrogen) atoms. The topological polar surface area (TPSA) is 72.9 Å². The summed E-state index contributed by atoms with van der Waals surface area (Å²) in [5.41, 5.74) is 0.525. The molecule has 1 fully saturated rings. The van der Waals surface area contributed by atoms with Crippen LogP contribution in [0.5, 0.6) is 0 Å². The van der Waals surface area contributed by atoms with Crippen molar-refractivity contribution >= 4 is 17.7 Å². The van der Waals surface area contributed by atoms with Gasteiger partial charge in [0.15, 0.2) is 0 Å². The molecule has 1 aliphatic heterocycles. The number of benzene rings is 1. The average molecular weight is 295 g/mol. The summed E-state index contributed by atoms with van der Waals surface area (Å²) in [5.74, 6) is -1.36. The Morgan fingerprint density at radius 1 is 1.24 bits per heavy atom. The van der Waals surface area contributed by atoms with Crippen LogP contribution >= 0.6 is 0 Å². The highest BCUT2D eigenvalue weighted by Crippen LogP contribution is 2.20. The number of piperazine rings is 1. The number of carbonyl (C=O) groups excluding carboxylic acids is 1. The minimum atomic E-state index is -1.08. The van der Waals surface area contributed by atoms with Gasteiger partial charge in [0.25, 0.3) is 0 Å². The van der Waals surface area contributed by atoms with E-state index in [9.17, 15) is 14.0 Å². The zero-order chi connectivity index (χ0) is 15.4. The van der Waals surface area contributed by atoms with Crippen LogP contribution in [0.15, 0.2) is 24.3 Å². The standard InChI is InChI=1S/C14H18FN3O3/c1-10(13(19)20)16-14(21)18-8-6-17(7-9-18)12-5-3-2-4-11(12)15/h2-5,10H,6-9H2,1H3,(H,16,21)(H,19,20)/t10-/m0/s1. The Morgan fingerprint density at radius 3 is 2.43 bits per heavy atom. The van der Waals surface area contributed by atoms with Crippen LogP contribution in [0, 0.1) is 5.82 Å². The lowest BCUT2D eigenvalue weighted by atomic mass is 10.2. The molecule has 6 nitrogen and oxygen atoms in total. The van der Waals surface area contributed by atoms with E-state index in [1.807, 2.05) is 4.90 Å². The number of carbonyl (C=O) groups is 2. The Morgan fingerprint density at radius 2 is 1.86 bits per heavy atom. The number of nitrogens with one attached hydrogen (secondary N) is 1.